The Labute approximate surface area is 80.4 Å². The molecule has 0 unspecified atom stereocenters. The Hall–Kier alpha value is -2.11. The van der Waals surface area contributed by atoms with Crippen LogP contribution in [0.3, 0.4) is 0 Å². The van der Waals surface area contributed by atoms with Crippen LogP contribution in [-0.4, -0.2) is 19.7 Å². The van der Waals surface area contributed by atoms with Crippen molar-refractivity contribution in [3.05, 3.63) is 24.5 Å². The first-order valence-corrected chi connectivity index (χ1v) is 4.00. The summed E-state index contributed by atoms with van der Waals surface area (Å²) >= 11 is 0. The summed E-state index contributed by atoms with van der Waals surface area (Å²) in [5.41, 5.74) is 5.48. The number of ether oxygens (including phenoxy) is 1. The first-order chi connectivity index (χ1) is 6.74. The van der Waals surface area contributed by atoms with Crippen molar-refractivity contribution in [3.63, 3.8) is 0 Å². The van der Waals surface area contributed by atoms with Gasteiger partial charge in [0.15, 0.2) is 0 Å². The Morgan fingerprint density at radius 3 is 2.93 bits per heavy atom. The van der Waals surface area contributed by atoms with Gasteiger partial charge in [-0.2, -0.15) is 9.97 Å². The van der Waals surface area contributed by atoms with E-state index in [0.717, 1.165) is 0 Å². The molecule has 0 atom stereocenters. The zero-order chi connectivity index (χ0) is 9.97. The van der Waals surface area contributed by atoms with Gasteiger partial charge in [0.2, 0.25) is 5.88 Å². The molecule has 0 aromatic carbocycles. The van der Waals surface area contributed by atoms with E-state index in [0.29, 0.717) is 11.7 Å². The second-order valence-electron chi connectivity index (χ2n) is 2.70. The third-order valence-electron chi connectivity index (χ3n) is 1.52. The molecule has 0 fully saturated rings. The Kier molecular flexibility index (Phi) is 2.02. The third kappa shape index (κ3) is 1.79. The molecule has 2 aromatic heterocycles. The predicted octanol–water partition coefficient (Wildman–Crippen LogP) is 0.585. The molecule has 0 aliphatic rings. The molecule has 0 bridgehead atoms. The number of aromatic nitrogens is 4. The Morgan fingerprint density at radius 1 is 1.43 bits per heavy atom. The van der Waals surface area contributed by atoms with Crippen molar-refractivity contribution >= 4 is 5.82 Å². The molecule has 2 N–H and O–H groups in total. The van der Waals surface area contributed by atoms with Crippen molar-refractivity contribution in [1.29, 1.82) is 0 Å². The van der Waals surface area contributed by atoms with Gasteiger partial charge in [-0.1, -0.05) is 6.07 Å². The minimum absolute atomic E-state index is 0.255. The molecule has 72 valence electrons. The quantitative estimate of drug-likeness (QED) is 0.751. The lowest BCUT2D eigenvalue weighted by Gasteiger charge is -1.99. The van der Waals surface area contributed by atoms with Gasteiger partial charge in [0, 0.05) is 13.1 Å². The molecule has 6 nitrogen and oxygen atoms in total. The first kappa shape index (κ1) is 8.49. The van der Waals surface area contributed by atoms with Crippen molar-refractivity contribution in [2.75, 3.05) is 5.73 Å². The Balaban J connectivity index is 2.18. The van der Waals surface area contributed by atoms with Crippen LogP contribution in [-0.2, 0) is 7.05 Å². The van der Waals surface area contributed by atoms with Crippen LogP contribution in [0.4, 0.5) is 5.82 Å². The van der Waals surface area contributed by atoms with E-state index in [1.165, 1.54) is 0 Å². The Bertz CT molecular complexity index is 439. The largest absolute Gasteiger partial charge is 0.404 e. The molecule has 0 saturated carbocycles. The molecular weight excluding hydrogens is 182 g/mol. The number of pyridine rings is 1. The van der Waals surface area contributed by atoms with E-state index in [1.54, 1.807) is 36.3 Å². The highest BCUT2D eigenvalue weighted by Gasteiger charge is 2.02. The van der Waals surface area contributed by atoms with E-state index in [-0.39, 0.29) is 6.01 Å². The zero-order valence-electron chi connectivity index (χ0n) is 7.58. The summed E-state index contributed by atoms with van der Waals surface area (Å²) in [7, 11) is 1.76. The second kappa shape index (κ2) is 3.33. The van der Waals surface area contributed by atoms with Gasteiger partial charge in [-0.3, -0.25) is 4.68 Å². The van der Waals surface area contributed by atoms with E-state index in [9.17, 15) is 0 Å². The van der Waals surface area contributed by atoms with E-state index >= 15 is 0 Å². The van der Waals surface area contributed by atoms with Crippen LogP contribution in [0.25, 0.3) is 0 Å². The summed E-state index contributed by atoms with van der Waals surface area (Å²) < 4.78 is 6.79. The molecule has 0 spiro atoms. The number of nitrogen functional groups attached to an aromatic ring is 1. The van der Waals surface area contributed by atoms with Gasteiger partial charge in [0.05, 0.1) is 0 Å². The average molecular weight is 191 g/mol. The molecule has 6 heteroatoms. The number of anilines is 1. The van der Waals surface area contributed by atoms with Crippen LogP contribution in [0.15, 0.2) is 24.5 Å². The van der Waals surface area contributed by atoms with E-state index in [2.05, 4.69) is 15.1 Å². The van der Waals surface area contributed by atoms with Crippen molar-refractivity contribution in [3.8, 4) is 11.9 Å². The maximum Gasteiger partial charge on any atom is 0.342 e. The highest BCUT2D eigenvalue weighted by Crippen LogP contribution is 2.14. The summed E-state index contributed by atoms with van der Waals surface area (Å²) in [4.78, 5) is 7.83. The third-order valence-corrected chi connectivity index (χ3v) is 1.52. The van der Waals surface area contributed by atoms with E-state index in [1.807, 2.05) is 0 Å². The average Bonchev–Trinajstić information content (AvgIpc) is 2.51. The SMILES string of the molecule is Cn1cnc(Oc2cccc(N)n2)n1. The smallest absolute Gasteiger partial charge is 0.342 e. The number of aryl methyl sites for hydroxylation is 1. The standard InChI is InChI=1S/C8H9N5O/c1-13-5-10-8(12-13)14-7-4-2-3-6(9)11-7/h2-5H,1H3,(H2,9,11). The number of nitrogens with zero attached hydrogens (tertiary/aromatic N) is 4. The fraction of sp³-hybridized carbons (Fsp3) is 0.125. The van der Waals surface area contributed by atoms with Gasteiger partial charge < -0.3 is 10.5 Å². The second-order valence-corrected chi connectivity index (χ2v) is 2.70. The summed E-state index contributed by atoms with van der Waals surface area (Å²) in [5.74, 6) is 0.787. The van der Waals surface area contributed by atoms with Crippen molar-refractivity contribution in [1.82, 2.24) is 19.7 Å². The highest BCUT2D eigenvalue weighted by molar-refractivity contribution is 5.31. The lowest BCUT2D eigenvalue weighted by atomic mass is 10.4. The molecule has 0 saturated heterocycles. The minimum Gasteiger partial charge on any atom is -0.404 e. The minimum atomic E-state index is 0.255. The van der Waals surface area contributed by atoms with E-state index < -0.39 is 0 Å². The lowest BCUT2D eigenvalue weighted by Crippen LogP contribution is -1.94. The maximum absolute atomic E-state index is 5.48. The molecule has 2 aromatic rings. The van der Waals surface area contributed by atoms with Gasteiger partial charge in [-0.05, 0) is 6.07 Å². The predicted molar refractivity (Wildman–Crippen MR) is 49.7 cm³/mol. The highest BCUT2D eigenvalue weighted by atomic mass is 16.5. The molecule has 14 heavy (non-hydrogen) atoms. The van der Waals surface area contributed by atoms with Crippen LogP contribution in [0.2, 0.25) is 0 Å². The summed E-state index contributed by atoms with van der Waals surface area (Å²) in [6.07, 6.45) is 1.54. The summed E-state index contributed by atoms with van der Waals surface area (Å²) in [5, 5.41) is 3.94. The topological polar surface area (TPSA) is 78.9 Å². The van der Waals surface area contributed by atoms with Gasteiger partial charge in [0.25, 0.3) is 0 Å². The lowest BCUT2D eigenvalue weighted by molar-refractivity contribution is 0.423. The fourth-order valence-corrected chi connectivity index (χ4v) is 0.947. The molecule has 0 aliphatic carbocycles. The molecule has 0 aliphatic heterocycles. The first-order valence-electron chi connectivity index (χ1n) is 4.00. The molecule has 2 rings (SSSR count). The van der Waals surface area contributed by atoms with E-state index in [4.69, 9.17) is 10.5 Å². The summed E-state index contributed by atoms with van der Waals surface area (Å²) in [6, 6.07) is 5.37. The maximum atomic E-state index is 5.48. The van der Waals surface area contributed by atoms with Crippen LogP contribution in [0.1, 0.15) is 0 Å². The van der Waals surface area contributed by atoms with Gasteiger partial charge in [0.1, 0.15) is 12.1 Å². The normalized spacial score (nSPS) is 10.1. The van der Waals surface area contributed by atoms with Crippen LogP contribution in [0, 0.1) is 0 Å². The van der Waals surface area contributed by atoms with Crippen LogP contribution in [0.5, 0.6) is 11.9 Å². The monoisotopic (exact) mass is 191 g/mol. The van der Waals surface area contributed by atoms with Gasteiger partial charge in [-0.15, -0.1) is 5.10 Å². The Morgan fingerprint density at radius 2 is 2.29 bits per heavy atom. The number of hydrogen-bond donors (Lipinski definition) is 1. The van der Waals surface area contributed by atoms with Gasteiger partial charge >= 0.3 is 6.01 Å². The molecule has 0 amide bonds. The van der Waals surface area contributed by atoms with Crippen molar-refractivity contribution in [2.24, 2.45) is 7.05 Å². The van der Waals surface area contributed by atoms with Crippen molar-refractivity contribution < 1.29 is 4.74 Å². The summed E-state index contributed by atoms with van der Waals surface area (Å²) in [6.45, 7) is 0. The number of rotatable bonds is 2. The number of hydrogen-bond acceptors (Lipinski definition) is 5. The van der Waals surface area contributed by atoms with Crippen LogP contribution >= 0.6 is 0 Å². The van der Waals surface area contributed by atoms with Gasteiger partial charge in [-0.25, -0.2) is 0 Å². The molecular formula is C8H9N5O. The molecule has 2 heterocycles. The van der Waals surface area contributed by atoms with Crippen LogP contribution < -0.4 is 10.5 Å². The van der Waals surface area contributed by atoms with Crippen molar-refractivity contribution in [2.45, 2.75) is 0 Å². The molecule has 0 radical (unpaired) electrons. The zero-order valence-corrected chi connectivity index (χ0v) is 7.58. The number of nitrogens with two attached hydrogens (primary N) is 1. The fourth-order valence-electron chi connectivity index (χ4n) is 0.947.